The van der Waals surface area contributed by atoms with Crippen LogP contribution in [-0.4, -0.2) is 23.5 Å². The Morgan fingerprint density at radius 3 is 1.28 bits per heavy atom. The summed E-state index contributed by atoms with van der Waals surface area (Å²) >= 11 is 0. The highest BCUT2D eigenvalue weighted by Gasteiger charge is 2.44. The van der Waals surface area contributed by atoms with Gasteiger partial charge >= 0.3 is 0 Å². The van der Waals surface area contributed by atoms with E-state index in [4.69, 9.17) is 0 Å². The molecule has 0 aromatic heterocycles. The third-order valence-corrected chi connectivity index (χ3v) is 5.07. The summed E-state index contributed by atoms with van der Waals surface area (Å²) in [4.78, 5) is 2.74. The molecule has 1 aliphatic heterocycles. The van der Waals surface area contributed by atoms with Crippen molar-refractivity contribution in [1.29, 1.82) is 0 Å². The van der Waals surface area contributed by atoms with Crippen LogP contribution in [0.2, 0.25) is 0 Å². The first kappa shape index (κ1) is 14.4. The maximum Gasteiger partial charge on any atom is 0.0255 e. The molecule has 1 heterocycles. The van der Waals surface area contributed by atoms with Crippen molar-refractivity contribution in [2.45, 2.75) is 102 Å². The highest BCUT2D eigenvalue weighted by molar-refractivity contribution is 5.00. The van der Waals surface area contributed by atoms with Gasteiger partial charge < -0.3 is 0 Å². The standard InChI is InChI=1S/C17H33N/c1-2-18-16-14-12-10-8-6-4-3-5-7-9-11-13-15-17(16)18/h16-17H,2-15H2,1H3. The maximum absolute atomic E-state index is 2.74. The second kappa shape index (κ2) is 8.19. The second-order valence-electron chi connectivity index (χ2n) is 6.43. The van der Waals surface area contributed by atoms with E-state index in [1.165, 1.54) is 90.0 Å². The Balaban J connectivity index is 1.69. The smallest absolute Gasteiger partial charge is 0.0255 e. The van der Waals surface area contributed by atoms with Gasteiger partial charge in [0.2, 0.25) is 0 Å². The van der Waals surface area contributed by atoms with Gasteiger partial charge in [-0.3, -0.25) is 4.90 Å². The number of rotatable bonds is 1. The van der Waals surface area contributed by atoms with Gasteiger partial charge in [-0.25, -0.2) is 0 Å². The number of hydrogen-bond acceptors (Lipinski definition) is 1. The summed E-state index contributed by atoms with van der Waals surface area (Å²) in [6.45, 7) is 3.63. The molecule has 1 saturated heterocycles. The Morgan fingerprint density at radius 2 is 0.944 bits per heavy atom. The zero-order chi connectivity index (χ0) is 12.6. The van der Waals surface area contributed by atoms with Gasteiger partial charge in [0.15, 0.2) is 0 Å². The van der Waals surface area contributed by atoms with Crippen molar-refractivity contribution in [2.75, 3.05) is 6.54 Å². The zero-order valence-electron chi connectivity index (χ0n) is 12.5. The Bertz CT molecular complexity index is 194. The fourth-order valence-electron chi connectivity index (χ4n) is 3.88. The Labute approximate surface area is 114 Å². The van der Waals surface area contributed by atoms with Crippen LogP contribution in [0.3, 0.4) is 0 Å². The minimum atomic E-state index is 0.972. The molecule has 1 nitrogen and oxygen atoms in total. The van der Waals surface area contributed by atoms with Gasteiger partial charge in [0.05, 0.1) is 0 Å². The number of fused-ring (bicyclic) bond motifs is 1. The molecule has 2 unspecified atom stereocenters. The summed E-state index contributed by atoms with van der Waals surface area (Å²) in [7, 11) is 0. The summed E-state index contributed by atoms with van der Waals surface area (Å²) in [5, 5.41) is 0. The first-order valence-electron chi connectivity index (χ1n) is 8.69. The van der Waals surface area contributed by atoms with E-state index >= 15 is 0 Å². The van der Waals surface area contributed by atoms with Crippen LogP contribution in [0.15, 0.2) is 0 Å². The van der Waals surface area contributed by atoms with Crippen LogP contribution in [0, 0.1) is 0 Å². The molecule has 2 fully saturated rings. The third-order valence-electron chi connectivity index (χ3n) is 5.07. The summed E-state index contributed by atoms with van der Waals surface area (Å²) in [5.41, 5.74) is 0. The molecule has 2 aliphatic rings. The van der Waals surface area contributed by atoms with Crippen LogP contribution in [-0.2, 0) is 0 Å². The lowest BCUT2D eigenvalue weighted by molar-refractivity contribution is 0.462. The highest BCUT2D eigenvalue weighted by atomic mass is 15.3. The van der Waals surface area contributed by atoms with E-state index in [-0.39, 0.29) is 0 Å². The molecule has 1 aliphatic carbocycles. The Morgan fingerprint density at radius 1 is 0.611 bits per heavy atom. The molecule has 0 bridgehead atoms. The molecule has 2 atom stereocenters. The molecule has 0 aromatic carbocycles. The molecule has 0 spiro atoms. The van der Waals surface area contributed by atoms with Crippen molar-refractivity contribution in [3.63, 3.8) is 0 Å². The second-order valence-corrected chi connectivity index (χ2v) is 6.43. The minimum Gasteiger partial charge on any atom is -0.295 e. The minimum absolute atomic E-state index is 0.972. The van der Waals surface area contributed by atoms with Crippen molar-refractivity contribution < 1.29 is 0 Å². The number of hydrogen-bond donors (Lipinski definition) is 0. The van der Waals surface area contributed by atoms with E-state index in [1.54, 1.807) is 0 Å². The quantitative estimate of drug-likeness (QED) is 0.583. The molecule has 1 saturated carbocycles. The van der Waals surface area contributed by atoms with Crippen molar-refractivity contribution in [3.05, 3.63) is 0 Å². The van der Waals surface area contributed by atoms with Gasteiger partial charge in [0, 0.05) is 12.1 Å². The molecule has 2 rings (SSSR count). The van der Waals surface area contributed by atoms with Gasteiger partial charge in [-0.2, -0.15) is 0 Å². The van der Waals surface area contributed by atoms with E-state index in [1.807, 2.05) is 0 Å². The molecule has 106 valence electrons. The number of likely N-dealkylation sites (N-methyl/N-ethyl adjacent to an activating group) is 1. The van der Waals surface area contributed by atoms with Crippen molar-refractivity contribution >= 4 is 0 Å². The summed E-state index contributed by atoms with van der Waals surface area (Å²) in [5.74, 6) is 0. The predicted octanol–water partition coefficient (Wildman–Crippen LogP) is 5.14. The predicted molar refractivity (Wildman–Crippen MR) is 80.0 cm³/mol. The lowest BCUT2D eigenvalue weighted by atomic mass is 10.1. The molecule has 0 radical (unpaired) electrons. The molecule has 0 amide bonds. The van der Waals surface area contributed by atoms with Gasteiger partial charge in [-0.15, -0.1) is 0 Å². The molecule has 0 aromatic rings. The summed E-state index contributed by atoms with van der Waals surface area (Å²) in [6, 6.07) is 1.94. The van der Waals surface area contributed by atoms with Gasteiger partial charge in [0.1, 0.15) is 0 Å². The van der Waals surface area contributed by atoms with Gasteiger partial charge in [0.25, 0.3) is 0 Å². The molecule has 0 N–H and O–H groups in total. The van der Waals surface area contributed by atoms with Gasteiger partial charge in [-0.1, -0.05) is 77.6 Å². The topological polar surface area (TPSA) is 3.01 Å². The maximum atomic E-state index is 2.74. The van der Waals surface area contributed by atoms with Crippen molar-refractivity contribution in [1.82, 2.24) is 4.90 Å². The van der Waals surface area contributed by atoms with Crippen LogP contribution >= 0.6 is 0 Å². The van der Waals surface area contributed by atoms with Crippen LogP contribution in [0.1, 0.15) is 90.4 Å². The normalized spacial score (nSPS) is 36.2. The van der Waals surface area contributed by atoms with Crippen LogP contribution in [0.25, 0.3) is 0 Å². The highest BCUT2D eigenvalue weighted by Crippen LogP contribution is 2.36. The molecule has 18 heavy (non-hydrogen) atoms. The monoisotopic (exact) mass is 251 g/mol. The SMILES string of the molecule is CCN1C2CCCCCCCCCCCCCC21. The number of nitrogens with zero attached hydrogens (tertiary/aromatic N) is 1. The van der Waals surface area contributed by atoms with E-state index in [0.29, 0.717) is 0 Å². The Hall–Kier alpha value is -0.0400. The summed E-state index contributed by atoms with van der Waals surface area (Å²) in [6.07, 6.45) is 19.4. The lowest BCUT2D eigenvalue weighted by Crippen LogP contribution is -2.01. The summed E-state index contributed by atoms with van der Waals surface area (Å²) < 4.78 is 0. The van der Waals surface area contributed by atoms with Gasteiger partial charge in [-0.05, 0) is 19.4 Å². The zero-order valence-corrected chi connectivity index (χ0v) is 12.5. The van der Waals surface area contributed by atoms with E-state index in [0.717, 1.165) is 12.1 Å². The molecular formula is C17H33N. The first-order valence-corrected chi connectivity index (χ1v) is 8.69. The molecule has 1 heteroatoms. The molecular weight excluding hydrogens is 218 g/mol. The third kappa shape index (κ3) is 4.57. The van der Waals surface area contributed by atoms with Crippen LogP contribution in [0.4, 0.5) is 0 Å². The average Bonchev–Trinajstić information content (AvgIpc) is 3.06. The van der Waals surface area contributed by atoms with Crippen molar-refractivity contribution in [3.8, 4) is 0 Å². The van der Waals surface area contributed by atoms with Crippen LogP contribution in [0.5, 0.6) is 0 Å². The fourth-order valence-corrected chi connectivity index (χ4v) is 3.88. The van der Waals surface area contributed by atoms with E-state index in [9.17, 15) is 0 Å². The van der Waals surface area contributed by atoms with E-state index in [2.05, 4.69) is 11.8 Å². The largest absolute Gasteiger partial charge is 0.295 e. The fraction of sp³-hybridized carbons (Fsp3) is 1.00. The van der Waals surface area contributed by atoms with Crippen LogP contribution < -0.4 is 0 Å². The lowest BCUT2D eigenvalue weighted by Gasteiger charge is -2.03. The van der Waals surface area contributed by atoms with Crippen molar-refractivity contribution in [2.24, 2.45) is 0 Å². The van der Waals surface area contributed by atoms with E-state index < -0.39 is 0 Å². The average molecular weight is 251 g/mol. The first-order chi connectivity index (χ1) is 8.93. The Kier molecular flexibility index (Phi) is 6.54.